The van der Waals surface area contributed by atoms with Crippen LogP contribution in [0.1, 0.15) is 18.4 Å². The summed E-state index contributed by atoms with van der Waals surface area (Å²) in [6.07, 6.45) is 1.24. The first kappa shape index (κ1) is 16.7. The highest BCUT2D eigenvalue weighted by atomic mass is 32.2. The molecule has 1 unspecified atom stereocenters. The number of amides is 1. The zero-order valence-corrected chi connectivity index (χ0v) is 14.0. The Morgan fingerprint density at radius 2 is 1.96 bits per heavy atom. The zero-order chi connectivity index (χ0) is 16.3. The number of likely N-dealkylation sites (tertiary alicyclic amines) is 1. The number of carbonyl (C=O) groups is 1. The van der Waals surface area contributed by atoms with Crippen LogP contribution in [0.2, 0.25) is 0 Å². The van der Waals surface area contributed by atoms with E-state index in [-0.39, 0.29) is 18.3 Å². The Morgan fingerprint density at radius 3 is 2.70 bits per heavy atom. The molecule has 0 spiro atoms. The summed E-state index contributed by atoms with van der Waals surface area (Å²) in [5.74, 6) is 1.53. The molecular weight excluding hydrogens is 315 g/mol. The average molecular weight is 338 g/mol. The minimum absolute atomic E-state index is 0.226. The summed E-state index contributed by atoms with van der Waals surface area (Å²) >= 11 is 1.90. The van der Waals surface area contributed by atoms with E-state index < -0.39 is 5.60 Å². The highest BCUT2D eigenvalue weighted by Gasteiger charge is 2.43. The van der Waals surface area contributed by atoms with E-state index in [1.165, 1.54) is 6.07 Å². The first-order valence-electron chi connectivity index (χ1n) is 8.14. The third-order valence-corrected chi connectivity index (χ3v) is 5.55. The molecule has 23 heavy (non-hydrogen) atoms. The minimum Gasteiger partial charge on any atom is -0.379 e. The second kappa shape index (κ2) is 7.20. The lowest BCUT2D eigenvalue weighted by atomic mass is 9.90. The third-order valence-electron chi connectivity index (χ3n) is 4.61. The van der Waals surface area contributed by atoms with Gasteiger partial charge in [-0.2, -0.15) is 11.8 Å². The first-order valence-corrected chi connectivity index (χ1v) is 9.29. The maximum absolute atomic E-state index is 13.8. The predicted octanol–water partition coefficient (Wildman–Crippen LogP) is 1.73. The standard InChI is InChI=1S/C17H23FN2O2S/c18-15-5-2-1-4-14(15)12-20-7-3-6-17(22,16(20)21)13-19-8-10-23-11-9-19/h1-2,4-5,22H,3,6-13H2. The van der Waals surface area contributed by atoms with Crippen LogP contribution in [0.5, 0.6) is 0 Å². The van der Waals surface area contributed by atoms with E-state index in [9.17, 15) is 14.3 Å². The molecule has 0 aromatic heterocycles. The number of β-amino-alcohol motifs (C(OH)–C–C–N with tert-alkyl or cyclic N) is 1. The molecular formula is C17H23FN2O2S. The van der Waals surface area contributed by atoms with Crippen molar-refractivity contribution in [1.29, 1.82) is 0 Å². The van der Waals surface area contributed by atoms with Crippen LogP contribution in [0, 0.1) is 5.82 Å². The summed E-state index contributed by atoms with van der Waals surface area (Å²) in [5, 5.41) is 10.9. The van der Waals surface area contributed by atoms with Crippen LogP contribution < -0.4 is 0 Å². The van der Waals surface area contributed by atoms with Gasteiger partial charge in [-0.1, -0.05) is 18.2 Å². The van der Waals surface area contributed by atoms with E-state index in [4.69, 9.17) is 0 Å². The number of hydrogen-bond acceptors (Lipinski definition) is 4. The molecule has 1 N–H and O–H groups in total. The smallest absolute Gasteiger partial charge is 0.256 e. The molecule has 6 heteroatoms. The molecule has 0 aliphatic carbocycles. The van der Waals surface area contributed by atoms with Gasteiger partial charge in [-0.05, 0) is 18.9 Å². The second-order valence-corrected chi connectivity index (χ2v) is 7.57. The largest absolute Gasteiger partial charge is 0.379 e. The normalized spacial score (nSPS) is 26.5. The molecule has 1 atom stereocenters. The molecule has 0 bridgehead atoms. The van der Waals surface area contributed by atoms with Gasteiger partial charge in [-0.25, -0.2) is 4.39 Å². The maximum Gasteiger partial charge on any atom is 0.256 e. The number of thioether (sulfide) groups is 1. The number of rotatable bonds is 4. The Bertz CT molecular complexity index is 565. The fourth-order valence-corrected chi connectivity index (χ4v) is 4.30. The van der Waals surface area contributed by atoms with Crippen LogP contribution in [-0.4, -0.2) is 64.1 Å². The summed E-state index contributed by atoms with van der Waals surface area (Å²) in [4.78, 5) is 16.5. The lowest BCUT2D eigenvalue weighted by Crippen LogP contribution is -2.59. The number of hydrogen-bond donors (Lipinski definition) is 1. The minimum atomic E-state index is -1.33. The van der Waals surface area contributed by atoms with Gasteiger partial charge in [0.2, 0.25) is 0 Å². The summed E-state index contributed by atoms with van der Waals surface area (Å²) in [6, 6.07) is 6.51. The van der Waals surface area contributed by atoms with Gasteiger partial charge in [0.1, 0.15) is 5.82 Å². The van der Waals surface area contributed by atoms with Crippen LogP contribution in [0.15, 0.2) is 24.3 Å². The van der Waals surface area contributed by atoms with Gasteiger partial charge in [0.15, 0.2) is 5.60 Å². The maximum atomic E-state index is 13.8. The Balaban J connectivity index is 1.68. The number of carbonyl (C=O) groups excluding carboxylic acids is 1. The molecule has 4 nitrogen and oxygen atoms in total. The predicted molar refractivity (Wildman–Crippen MR) is 89.8 cm³/mol. The fraction of sp³-hybridized carbons (Fsp3) is 0.588. The lowest BCUT2D eigenvalue weighted by molar-refractivity contribution is -0.160. The van der Waals surface area contributed by atoms with E-state index in [1.807, 2.05) is 11.8 Å². The molecule has 2 saturated heterocycles. The molecule has 0 radical (unpaired) electrons. The second-order valence-electron chi connectivity index (χ2n) is 6.34. The van der Waals surface area contributed by atoms with Gasteiger partial charge < -0.3 is 10.0 Å². The Morgan fingerprint density at radius 1 is 1.22 bits per heavy atom. The topological polar surface area (TPSA) is 43.8 Å². The van der Waals surface area contributed by atoms with Crippen LogP contribution in [0.3, 0.4) is 0 Å². The van der Waals surface area contributed by atoms with Crippen molar-refractivity contribution in [3.05, 3.63) is 35.6 Å². The fourth-order valence-electron chi connectivity index (χ4n) is 3.32. The molecule has 126 valence electrons. The summed E-state index contributed by atoms with van der Waals surface area (Å²) in [7, 11) is 0. The van der Waals surface area contributed by atoms with Crippen LogP contribution >= 0.6 is 11.8 Å². The molecule has 0 saturated carbocycles. The van der Waals surface area contributed by atoms with Crippen molar-refractivity contribution >= 4 is 17.7 Å². The van der Waals surface area contributed by atoms with Gasteiger partial charge in [0.05, 0.1) is 0 Å². The van der Waals surface area contributed by atoms with Gasteiger partial charge in [-0.15, -0.1) is 0 Å². The van der Waals surface area contributed by atoms with Crippen molar-refractivity contribution in [3.8, 4) is 0 Å². The molecule has 2 heterocycles. The highest BCUT2D eigenvalue weighted by molar-refractivity contribution is 7.99. The van der Waals surface area contributed by atoms with E-state index in [0.717, 1.165) is 31.0 Å². The van der Waals surface area contributed by atoms with Crippen molar-refractivity contribution in [2.45, 2.75) is 25.0 Å². The summed E-state index contributed by atoms with van der Waals surface area (Å²) in [6.45, 7) is 3.01. The molecule has 1 aromatic carbocycles. The van der Waals surface area contributed by atoms with E-state index in [0.29, 0.717) is 25.1 Å². The highest BCUT2D eigenvalue weighted by Crippen LogP contribution is 2.26. The van der Waals surface area contributed by atoms with Gasteiger partial charge in [-0.3, -0.25) is 9.69 Å². The average Bonchev–Trinajstić information content (AvgIpc) is 2.55. The van der Waals surface area contributed by atoms with Gasteiger partial charge >= 0.3 is 0 Å². The molecule has 2 aliphatic rings. The van der Waals surface area contributed by atoms with Gasteiger partial charge in [0.25, 0.3) is 5.91 Å². The molecule has 3 rings (SSSR count). The zero-order valence-electron chi connectivity index (χ0n) is 13.2. The number of benzene rings is 1. The van der Waals surface area contributed by atoms with Crippen molar-refractivity contribution in [2.24, 2.45) is 0 Å². The van der Waals surface area contributed by atoms with E-state index in [2.05, 4.69) is 4.90 Å². The number of aliphatic hydroxyl groups is 1. The van der Waals surface area contributed by atoms with Crippen molar-refractivity contribution in [1.82, 2.24) is 9.80 Å². The molecule has 2 aliphatic heterocycles. The lowest BCUT2D eigenvalue weighted by Gasteiger charge is -2.41. The van der Waals surface area contributed by atoms with Crippen molar-refractivity contribution < 1.29 is 14.3 Å². The number of nitrogens with zero attached hydrogens (tertiary/aromatic N) is 2. The number of piperidine rings is 1. The van der Waals surface area contributed by atoms with Crippen LogP contribution in [-0.2, 0) is 11.3 Å². The molecule has 1 amide bonds. The van der Waals surface area contributed by atoms with Crippen LogP contribution in [0.25, 0.3) is 0 Å². The van der Waals surface area contributed by atoms with E-state index >= 15 is 0 Å². The van der Waals surface area contributed by atoms with Crippen molar-refractivity contribution in [2.75, 3.05) is 37.7 Å². The monoisotopic (exact) mass is 338 g/mol. The molecule has 1 aromatic rings. The summed E-state index contributed by atoms with van der Waals surface area (Å²) in [5.41, 5.74) is -0.828. The van der Waals surface area contributed by atoms with E-state index in [1.54, 1.807) is 23.1 Å². The molecule has 2 fully saturated rings. The number of halogens is 1. The SMILES string of the molecule is O=C1N(Cc2ccccc2F)CCCC1(O)CN1CCSCC1. The Kier molecular flexibility index (Phi) is 5.24. The summed E-state index contributed by atoms with van der Waals surface area (Å²) < 4.78 is 13.8. The van der Waals surface area contributed by atoms with Gasteiger partial charge in [0, 0.05) is 49.8 Å². The quantitative estimate of drug-likeness (QED) is 0.908. The van der Waals surface area contributed by atoms with Crippen molar-refractivity contribution in [3.63, 3.8) is 0 Å². The Hall–Kier alpha value is -1.11. The first-order chi connectivity index (χ1) is 11.1. The Labute approximate surface area is 140 Å². The van der Waals surface area contributed by atoms with Crippen LogP contribution in [0.4, 0.5) is 4.39 Å². The third kappa shape index (κ3) is 3.87.